The topological polar surface area (TPSA) is 99.1 Å². The fraction of sp³-hybridized carbons (Fsp3) is 0.442. The Hall–Kier alpha value is -4.04. The van der Waals surface area contributed by atoms with E-state index in [0.717, 1.165) is 26.1 Å². The predicted octanol–water partition coefficient (Wildman–Crippen LogP) is 11.4. The summed E-state index contributed by atoms with van der Waals surface area (Å²) in [4.78, 5) is 23.8. The summed E-state index contributed by atoms with van der Waals surface area (Å²) in [5, 5.41) is 16.6. The molecule has 0 aromatic heterocycles. The third-order valence-electron chi connectivity index (χ3n) is 3.43. The van der Waals surface area contributed by atoms with Gasteiger partial charge in [0.05, 0.1) is 18.9 Å². The van der Waals surface area contributed by atoms with Gasteiger partial charge in [-0.3, -0.25) is 15.0 Å². The summed E-state index contributed by atoms with van der Waals surface area (Å²) in [5.41, 5.74) is 3.34. The van der Waals surface area contributed by atoms with Gasteiger partial charge < -0.3 is 14.9 Å². The summed E-state index contributed by atoms with van der Waals surface area (Å²) in [6, 6.07) is 9.17. The molecule has 1 atom stereocenters. The molecule has 1 unspecified atom stereocenters. The van der Waals surface area contributed by atoms with E-state index < -0.39 is 5.92 Å². The summed E-state index contributed by atoms with van der Waals surface area (Å²) in [6.45, 7) is 49.5. The second kappa shape index (κ2) is 80.0. The molecule has 1 aromatic rings. The average Bonchev–Trinajstić information content (AvgIpc) is 3.36. The van der Waals surface area contributed by atoms with Crippen molar-refractivity contribution < 1.29 is 24.5 Å². The second-order valence-corrected chi connectivity index (χ2v) is 8.67. The number of aliphatic hydroxyl groups is 2. The van der Waals surface area contributed by atoms with Gasteiger partial charge in [-0.05, 0) is 87.8 Å². The van der Waals surface area contributed by atoms with Crippen LogP contribution in [0.1, 0.15) is 95.4 Å². The number of allylic oxidation sites excluding steroid dienone is 8. The lowest BCUT2D eigenvalue weighted by atomic mass is 10.0. The molecule has 0 spiro atoms. The highest BCUT2D eigenvalue weighted by molar-refractivity contribution is 6.14. The zero-order chi connectivity index (χ0) is 41.4. The maximum absolute atomic E-state index is 12.1. The van der Waals surface area contributed by atoms with Crippen LogP contribution in [0.15, 0.2) is 132 Å². The number of rotatable bonds is 7. The predicted molar refractivity (Wildman–Crippen MR) is 228 cm³/mol. The number of hydrogen-bond acceptors (Lipinski definition) is 5. The summed E-state index contributed by atoms with van der Waals surface area (Å²) in [6.07, 6.45) is 16.5. The molecule has 1 aliphatic rings. The molecule has 2 rings (SSSR count). The molecule has 1 fully saturated rings. The van der Waals surface area contributed by atoms with Gasteiger partial charge in [-0.1, -0.05) is 86.6 Å². The van der Waals surface area contributed by atoms with Gasteiger partial charge in [0.25, 0.3) is 11.8 Å². The highest BCUT2D eigenvalue weighted by Crippen LogP contribution is 2.22. The van der Waals surface area contributed by atoms with E-state index in [1.165, 1.54) is 5.01 Å². The van der Waals surface area contributed by atoms with Crippen LogP contribution in [-0.4, -0.2) is 48.5 Å². The summed E-state index contributed by atoms with van der Waals surface area (Å²) in [7, 11) is 0. The zero-order valence-electron chi connectivity index (χ0n) is 34.3. The molecular weight excluding hydrogens is 624 g/mol. The molecule has 292 valence electrons. The van der Waals surface area contributed by atoms with Gasteiger partial charge in [0, 0.05) is 13.2 Å². The molecule has 2 amide bonds. The van der Waals surface area contributed by atoms with E-state index in [1.807, 2.05) is 94.4 Å². The average molecular weight is 705 g/mol. The first-order valence-electron chi connectivity index (χ1n) is 16.9. The molecule has 1 heterocycles. The number of nitrogens with zero attached hydrogens (tertiary/aromatic N) is 1. The summed E-state index contributed by atoms with van der Waals surface area (Å²) < 4.78 is 4.83. The van der Waals surface area contributed by atoms with Crippen molar-refractivity contribution in [1.82, 2.24) is 5.43 Å². The van der Waals surface area contributed by atoms with Gasteiger partial charge in [0.2, 0.25) is 0 Å². The Labute approximate surface area is 311 Å². The maximum Gasteiger partial charge on any atom is 0.258 e. The highest BCUT2D eigenvalue weighted by Gasteiger charge is 2.39. The van der Waals surface area contributed by atoms with Gasteiger partial charge in [0.1, 0.15) is 5.92 Å². The first kappa shape index (κ1) is 68.0. The molecule has 0 saturated carbocycles. The number of hydrazine groups is 1. The van der Waals surface area contributed by atoms with Crippen LogP contribution in [-0.2, 0) is 14.3 Å². The number of anilines is 1. The molecule has 0 radical (unpaired) electrons. The minimum Gasteiger partial charge on any atom is -0.394 e. The van der Waals surface area contributed by atoms with Crippen LogP contribution >= 0.6 is 0 Å². The Morgan fingerprint density at radius 2 is 0.940 bits per heavy atom. The molecule has 3 N–H and O–H groups in total. The Bertz CT molecular complexity index is 761. The number of aliphatic hydroxyl groups excluding tert-OH is 2. The van der Waals surface area contributed by atoms with Gasteiger partial charge in [0.15, 0.2) is 0 Å². The molecule has 1 aromatic carbocycles. The van der Waals surface area contributed by atoms with Crippen LogP contribution in [0, 0.1) is 5.92 Å². The number of carbonyl (C=O) groups is 2. The first-order valence-corrected chi connectivity index (χ1v) is 16.9. The van der Waals surface area contributed by atoms with Crippen molar-refractivity contribution in [2.24, 2.45) is 5.92 Å². The Morgan fingerprint density at radius 1 is 0.640 bits per heavy atom. The summed E-state index contributed by atoms with van der Waals surface area (Å²) >= 11 is 0. The maximum atomic E-state index is 12.1. The SMILES string of the molecule is C=CC.C=CC.C=CC.C=CC.C=CC.C=CC.C=CC.C=CC.CCCCC1C(=O)NN(c2ccccc2)C1=O.CCOCC.OCCO. The smallest absolute Gasteiger partial charge is 0.258 e. The van der Waals surface area contributed by atoms with E-state index in [-0.39, 0.29) is 25.0 Å². The van der Waals surface area contributed by atoms with Crippen molar-refractivity contribution in [1.29, 1.82) is 0 Å². The number of ether oxygens (including phenoxy) is 1. The number of carbonyl (C=O) groups excluding carboxylic acids is 2. The molecule has 50 heavy (non-hydrogen) atoms. The van der Waals surface area contributed by atoms with E-state index in [1.54, 1.807) is 60.7 Å². The molecular formula is C43H80N2O5. The molecule has 7 nitrogen and oxygen atoms in total. The van der Waals surface area contributed by atoms with Gasteiger partial charge in [-0.15, -0.1) is 52.6 Å². The van der Waals surface area contributed by atoms with Crippen molar-refractivity contribution in [3.63, 3.8) is 0 Å². The largest absolute Gasteiger partial charge is 0.394 e. The van der Waals surface area contributed by atoms with E-state index in [0.29, 0.717) is 12.1 Å². The van der Waals surface area contributed by atoms with Crippen LogP contribution in [0.5, 0.6) is 0 Å². The van der Waals surface area contributed by atoms with E-state index in [9.17, 15) is 9.59 Å². The second-order valence-electron chi connectivity index (χ2n) is 8.67. The molecule has 0 bridgehead atoms. The van der Waals surface area contributed by atoms with E-state index >= 15 is 0 Å². The minimum absolute atomic E-state index is 0.125. The van der Waals surface area contributed by atoms with Gasteiger partial charge in [-0.2, -0.15) is 0 Å². The van der Waals surface area contributed by atoms with Gasteiger partial charge in [-0.25, -0.2) is 5.01 Å². The van der Waals surface area contributed by atoms with E-state index in [4.69, 9.17) is 14.9 Å². The number of nitrogens with one attached hydrogen (secondary N) is 1. The molecule has 1 saturated heterocycles. The number of unbranched alkanes of at least 4 members (excludes halogenated alkanes) is 1. The normalized spacial score (nSPS) is 10.2. The van der Waals surface area contributed by atoms with Crippen LogP contribution in [0.3, 0.4) is 0 Å². The highest BCUT2D eigenvalue weighted by atomic mass is 16.5. The third-order valence-corrected chi connectivity index (χ3v) is 3.43. The van der Waals surface area contributed by atoms with Crippen LogP contribution < -0.4 is 10.4 Å². The fourth-order valence-corrected chi connectivity index (χ4v) is 2.15. The Morgan fingerprint density at radius 3 is 1.16 bits per heavy atom. The van der Waals surface area contributed by atoms with Crippen molar-refractivity contribution in [3.05, 3.63) is 132 Å². The van der Waals surface area contributed by atoms with E-state index in [2.05, 4.69) is 58.1 Å². The summed E-state index contributed by atoms with van der Waals surface area (Å²) in [5.74, 6) is -0.850. The van der Waals surface area contributed by atoms with Crippen LogP contribution in [0.2, 0.25) is 0 Å². The monoisotopic (exact) mass is 705 g/mol. The quantitative estimate of drug-likeness (QED) is 0.194. The van der Waals surface area contributed by atoms with Crippen LogP contribution in [0.25, 0.3) is 0 Å². The number of amides is 2. The van der Waals surface area contributed by atoms with Crippen molar-refractivity contribution in [3.8, 4) is 0 Å². The first-order chi connectivity index (χ1) is 23.9. The standard InChI is InChI=1S/C13H16N2O2.C4H10O.8C3H6.C2H6O2/c1-2-3-9-11-12(16)14-15(13(11)17)10-7-5-4-6-8-10;1-3-5-4-2;8*1-3-2;3-1-2-4/h4-8,11H,2-3,9H2,1H3,(H,14,16);3-4H2,1-2H3;8*3H,1H2,2H3;3-4H,1-2H2. The zero-order valence-corrected chi connectivity index (χ0v) is 34.3. The lowest BCUT2D eigenvalue weighted by Crippen LogP contribution is -2.35. The lowest BCUT2D eigenvalue weighted by molar-refractivity contribution is -0.127. The number of para-hydroxylation sites is 1. The number of benzene rings is 1. The molecule has 7 heteroatoms. The Kier molecular flexibility index (Phi) is 109. The Balaban J connectivity index is -0.0000000609. The number of hydrogen-bond donors (Lipinski definition) is 3. The lowest BCUT2D eigenvalue weighted by Gasteiger charge is -2.14. The third kappa shape index (κ3) is 84.6. The van der Waals surface area contributed by atoms with Crippen molar-refractivity contribution in [2.75, 3.05) is 31.4 Å². The van der Waals surface area contributed by atoms with Crippen LogP contribution in [0.4, 0.5) is 5.69 Å². The molecule has 0 aliphatic carbocycles. The molecule has 1 aliphatic heterocycles. The van der Waals surface area contributed by atoms with Crippen molar-refractivity contribution in [2.45, 2.75) is 95.4 Å². The van der Waals surface area contributed by atoms with Gasteiger partial charge >= 0.3 is 0 Å². The fourth-order valence-electron chi connectivity index (χ4n) is 2.15. The minimum atomic E-state index is -0.518. The van der Waals surface area contributed by atoms with Crippen molar-refractivity contribution >= 4 is 17.5 Å².